The van der Waals surface area contributed by atoms with Crippen LogP contribution in [0.1, 0.15) is 24.0 Å². The number of pyridine rings is 1. The molecule has 0 fully saturated rings. The Kier molecular flexibility index (Phi) is 5.63. The predicted octanol–water partition coefficient (Wildman–Crippen LogP) is 3.08. The monoisotopic (exact) mass is 340 g/mol. The first kappa shape index (κ1) is 17.4. The van der Waals surface area contributed by atoms with Crippen LogP contribution in [-0.2, 0) is 29.2 Å². The summed E-state index contributed by atoms with van der Waals surface area (Å²) in [6.07, 6.45) is 0. The molecule has 0 amide bonds. The largest absolute Gasteiger partial charge is 0.382 e. The molecule has 0 saturated carbocycles. The second-order valence-corrected chi connectivity index (χ2v) is 5.87. The number of aromatic nitrogens is 3. The lowest BCUT2D eigenvalue weighted by atomic mass is 10.2. The Hall–Kier alpha value is -2.44. The zero-order valence-corrected chi connectivity index (χ0v) is 14.7. The topological polar surface area (TPSA) is 75.2 Å². The van der Waals surface area contributed by atoms with Gasteiger partial charge in [-0.1, -0.05) is 30.3 Å². The zero-order chi connectivity index (χ0) is 17.6. The van der Waals surface area contributed by atoms with Gasteiger partial charge in [-0.15, -0.1) is 0 Å². The number of benzene rings is 1. The molecule has 25 heavy (non-hydrogen) atoms. The van der Waals surface area contributed by atoms with Crippen molar-refractivity contribution in [1.29, 1.82) is 0 Å². The summed E-state index contributed by atoms with van der Waals surface area (Å²) in [6.45, 7) is 6.85. The number of imidazole rings is 1. The van der Waals surface area contributed by atoms with Crippen molar-refractivity contribution in [3.05, 3.63) is 53.5 Å². The van der Waals surface area contributed by atoms with Crippen molar-refractivity contribution in [3.63, 3.8) is 0 Å². The highest BCUT2D eigenvalue weighted by atomic mass is 16.5. The van der Waals surface area contributed by atoms with Gasteiger partial charge in [0, 0.05) is 18.8 Å². The van der Waals surface area contributed by atoms with Gasteiger partial charge in [0.25, 0.3) is 0 Å². The Morgan fingerprint density at radius 2 is 1.88 bits per heavy atom. The van der Waals surface area contributed by atoms with E-state index >= 15 is 0 Å². The van der Waals surface area contributed by atoms with E-state index in [2.05, 4.69) is 26.7 Å². The van der Waals surface area contributed by atoms with Gasteiger partial charge in [-0.25, -0.2) is 9.97 Å². The summed E-state index contributed by atoms with van der Waals surface area (Å²) in [5.74, 6) is 1.30. The third kappa shape index (κ3) is 4.15. The number of rotatable bonds is 8. The molecule has 0 aliphatic carbocycles. The second-order valence-electron chi connectivity index (χ2n) is 5.87. The smallest absolute Gasteiger partial charge is 0.151 e. The summed E-state index contributed by atoms with van der Waals surface area (Å²) in [6, 6.07) is 12.2. The van der Waals surface area contributed by atoms with Crippen LogP contribution in [0.3, 0.4) is 0 Å². The maximum absolute atomic E-state index is 6.04. The molecule has 6 nitrogen and oxygen atoms in total. The third-order valence-electron chi connectivity index (χ3n) is 3.98. The van der Waals surface area contributed by atoms with Crippen molar-refractivity contribution >= 4 is 16.9 Å². The van der Waals surface area contributed by atoms with Crippen molar-refractivity contribution in [2.75, 3.05) is 18.9 Å². The average Bonchev–Trinajstić information content (AvgIpc) is 2.96. The molecular formula is C19H24N4O2. The molecule has 6 heteroatoms. The lowest BCUT2D eigenvalue weighted by Gasteiger charge is -2.10. The summed E-state index contributed by atoms with van der Waals surface area (Å²) in [5.41, 5.74) is 9.78. The van der Waals surface area contributed by atoms with Gasteiger partial charge >= 0.3 is 0 Å². The molecule has 0 radical (unpaired) electrons. The minimum atomic E-state index is 0.447. The number of nitrogens with two attached hydrogens (primary N) is 1. The molecule has 0 unspecified atom stereocenters. The summed E-state index contributed by atoms with van der Waals surface area (Å²) in [5, 5.41) is 0. The van der Waals surface area contributed by atoms with E-state index in [1.54, 1.807) is 0 Å². The van der Waals surface area contributed by atoms with E-state index in [1.165, 1.54) is 0 Å². The molecule has 2 aromatic heterocycles. The van der Waals surface area contributed by atoms with Crippen LogP contribution in [0.2, 0.25) is 0 Å². The van der Waals surface area contributed by atoms with Crippen LogP contribution < -0.4 is 5.73 Å². The number of fused-ring (bicyclic) bond motifs is 1. The van der Waals surface area contributed by atoms with Crippen LogP contribution in [0.15, 0.2) is 36.4 Å². The van der Waals surface area contributed by atoms with Crippen molar-refractivity contribution in [2.45, 2.75) is 33.6 Å². The number of nitrogens with zero attached hydrogens (tertiary/aromatic N) is 3. The average molecular weight is 340 g/mol. The molecule has 0 aliphatic heterocycles. The number of aryl methyl sites for hydroxylation is 1. The number of hydrogen-bond donors (Lipinski definition) is 1. The van der Waals surface area contributed by atoms with Gasteiger partial charge in [-0.05, 0) is 25.5 Å². The molecule has 3 rings (SSSR count). The van der Waals surface area contributed by atoms with Gasteiger partial charge in [0.1, 0.15) is 17.9 Å². The molecule has 2 N–H and O–H groups in total. The Labute approximate surface area is 147 Å². The highest BCUT2D eigenvalue weighted by Gasteiger charge is 2.14. The Balaban J connectivity index is 1.75. The van der Waals surface area contributed by atoms with Crippen LogP contribution in [0, 0.1) is 6.92 Å². The van der Waals surface area contributed by atoms with E-state index in [1.807, 2.05) is 38.1 Å². The van der Waals surface area contributed by atoms with Crippen LogP contribution in [0.4, 0.5) is 5.82 Å². The minimum Gasteiger partial charge on any atom is -0.382 e. The Bertz CT molecular complexity index is 830. The van der Waals surface area contributed by atoms with Gasteiger partial charge in [-0.3, -0.25) is 0 Å². The summed E-state index contributed by atoms with van der Waals surface area (Å²) in [7, 11) is 0. The van der Waals surface area contributed by atoms with E-state index < -0.39 is 0 Å². The molecule has 3 aromatic rings. The molecule has 0 bridgehead atoms. The third-order valence-corrected chi connectivity index (χ3v) is 3.98. The molecule has 132 valence electrons. The fraction of sp³-hybridized carbons (Fsp3) is 0.368. The molecule has 0 atom stereocenters. The Morgan fingerprint density at radius 3 is 2.64 bits per heavy atom. The zero-order valence-electron chi connectivity index (χ0n) is 14.7. The van der Waals surface area contributed by atoms with Gasteiger partial charge in [0.2, 0.25) is 0 Å². The minimum absolute atomic E-state index is 0.447. The normalized spacial score (nSPS) is 11.3. The fourth-order valence-electron chi connectivity index (χ4n) is 2.79. The first-order valence-corrected chi connectivity index (χ1v) is 8.50. The van der Waals surface area contributed by atoms with Crippen molar-refractivity contribution in [1.82, 2.24) is 14.5 Å². The molecule has 0 saturated heterocycles. The standard InChI is InChI=1S/C19H24N4O2/c1-3-24-13-17-22-18-16(11-14(2)21-19(18)20)23(17)9-10-25-12-15-7-5-4-6-8-15/h4-8,11H,3,9-10,12-13H2,1-2H3,(H2,20,21). The van der Waals surface area contributed by atoms with Crippen LogP contribution >= 0.6 is 0 Å². The van der Waals surface area contributed by atoms with E-state index in [0.717, 1.165) is 28.1 Å². The maximum atomic E-state index is 6.04. The number of nitrogen functional groups attached to an aromatic ring is 1. The van der Waals surface area contributed by atoms with E-state index in [9.17, 15) is 0 Å². The van der Waals surface area contributed by atoms with E-state index in [-0.39, 0.29) is 0 Å². The van der Waals surface area contributed by atoms with Gasteiger partial charge < -0.3 is 19.8 Å². The van der Waals surface area contributed by atoms with Crippen molar-refractivity contribution in [2.24, 2.45) is 0 Å². The molecule has 2 heterocycles. The van der Waals surface area contributed by atoms with Gasteiger partial charge in [-0.2, -0.15) is 0 Å². The molecule has 0 spiro atoms. The van der Waals surface area contributed by atoms with E-state index in [0.29, 0.717) is 38.8 Å². The number of hydrogen-bond acceptors (Lipinski definition) is 5. The quantitative estimate of drug-likeness (QED) is 0.638. The molecule has 1 aromatic carbocycles. The lowest BCUT2D eigenvalue weighted by Crippen LogP contribution is -2.11. The second kappa shape index (κ2) is 8.09. The van der Waals surface area contributed by atoms with Crippen molar-refractivity contribution in [3.8, 4) is 0 Å². The van der Waals surface area contributed by atoms with Crippen LogP contribution in [0.5, 0.6) is 0 Å². The summed E-state index contributed by atoms with van der Waals surface area (Å²) >= 11 is 0. The Morgan fingerprint density at radius 1 is 1.08 bits per heavy atom. The summed E-state index contributed by atoms with van der Waals surface area (Å²) < 4.78 is 13.5. The highest BCUT2D eigenvalue weighted by Crippen LogP contribution is 2.22. The predicted molar refractivity (Wildman–Crippen MR) is 98.1 cm³/mol. The van der Waals surface area contributed by atoms with E-state index in [4.69, 9.17) is 15.2 Å². The van der Waals surface area contributed by atoms with Crippen LogP contribution in [-0.4, -0.2) is 27.7 Å². The fourth-order valence-corrected chi connectivity index (χ4v) is 2.79. The van der Waals surface area contributed by atoms with Gasteiger partial charge in [0.15, 0.2) is 5.82 Å². The number of anilines is 1. The lowest BCUT2D eigenvalue weighted by molar-refractivity contribution is 0.105. The highest BCUT2D eigenvalue weighted by molar-refractivity contribution is 5.85. The maximum Gasteiger partial charge on any atom is 0.151 e. The molecule has 0 aliphatic rings. The van der Waals surface area contributed by atoms with Crippen molar-refractivity contribution < 1.29 is 9.47 Å². The van der Waals surface area contributed by atoms with Gasteiger partial charge in [0.05, 0.1) is 18.7 Å². The first-order valence-electron chi connectivity index (χ1n) is 8.50. The molecular weight excluding hydrogens is 316 g/mol. The SMILES string of the molecule is CCOCc1nc2c(N)nc(C)cc2n1CCOCc1ccccc1. The number of ether oxygens (including phenoxy) is 2. The summed E-state index contributed by atoms with van der Waals surface area (Å²) in [4.78, 5) is 8.93. The first-order chi connectivity index (χ1) is 12.2. The van der Waals surface area contributed by atoms with Crippen LogP contribution in [0.25, 0.3) is 11.0 Å².